The number of hydrogen-bond acceptors (Lipinski definition) is 4. The van der Waals surface area contributed by atoms with Crippen LogP contribution >= 0.6 is 34.8 Å². The van der Waals surface area contributed by atoms with Crippen molar-refractivity contribution in [1.82, 2.24) is 16.0 Å². The van der Waals surface area contributed by atoms with Gasteiger partial charge < -0.3 is 16.0 Å². The third-order valence-corrected chi connectivity index (χ3v) is 4.61. The Morgan fingerprint density at radius 2 is 1.85 bits per heavy atom. The van der Waals surface area contributed by atoms with E-state index in [9.17, 15) is 4.79 Å². The van der Waals surface area contributed by atoms with Crippen LogP contribution in [0.25, 0.3) is 0 Å². The summed E-state index contributed by atoms with van der Waals surface area (Å²) in [6.07, 6.45) is 0. The Balaban J connectivity index is 1.64. The van der Waals surface area contributed by atoms with Crippen LogP contribution in [0.3, 0.4) is 0 Å². The number of amides is 1. The van der Waals surface area contributed by atoms with Crippen molar-refractivity contribution < 1.29 is 4.79 Å². The zero-order valence-electron chi connectivity index (χ0n) is 13.8. The molecule has 3 N–H and O–H groups in total. The third-order valence-electron chi connectivity index (χ3n) is 3.80. The molecule has 0 saturated heterocycles. The molecule has 1 amide bonds. The van der Waals surface area contributed by atoms with Crippen molar-refractivity contribution >= 4 is 46.7 Å². The molecule has 0 unspecified atom stereocenters. The fraction of sp³-hybridized carbons (Fsp3) is 0.222. The Bertz CT molecular complexity index is 834. The largest absolute Gasteiger partial charge is 0.355 e. The van der Waals surface area contributed by atoms with Gasteiger partial charge in [-0.25, -0.2) is 0 Å². The van der Waals surface area contributed by atoms with Crippen LogP contribution in [0.2, 0.25) is 15.1 Å². The molecular formula is C18H17Cl3N4O. The van der Waals surface area contributed by atoms with Crippen molar-refractivity contribution in [3.8, 4) is 0 Å². The van der Waals surface area contributed by atoms with E-state index in [0.717, 1.165) is 30.2 Å². The van der Waals surface area contributed by atoms with Crippen molar-refractivity contribution in [1.29, 1.82) is 0 Å². The van der Waals surface area contributed by atoms with Crippen LogP contribution in [0, 0.1) is 0 Å². The Morgan fingerprint density at radius 3 is 2.54 bits per heavy atom. The van der Waals surface area contributed by atoms with Gasteiger partial charge in [0.2, 0.25) is 0 Å². The first kappa shape index (κ1) is 18.8. The molecule has 2 aromatic rings. The predicted octanol–water partition coefficient (Wildman–Crippen LogP) is 3.63. The number of aliphatic imine (C=N–C) groups is 1. The second kappa shape index (κ2) is 8.62. The van der Waals surface area contributed by atoms with Crippen LogP contribution in [0.1, 0.15) is 21.5 Å². The molecule has 5 nitrogen and oxygen atoms in total. The van der Waals surface area contributed by atoms with Crippen LogP contribution in [0.15, 0.2) is 41.4 Å². The van der Waals surface area contributed by atoms with Crippen LogP contribution in [-0.4, -0.2) is 25.0 Å². The first-order chi connectivity index (χ1) is 12.5. The van der Waals surface area contributed by atoms with E-state index >= 15 is 0 Å². The quantitative estimate of drug-likeness (QED) is 0.704. The number of hydrogen-bond donors (Lipinski definition) is 3. The minimum Gasteiger partial charge on any atom is -0.355 e. The van der Waals surface area contributed by atoms with Gasteiger partial charge in [0, 0.05) is 40.3 Å². The van der Waals surface area contributed by atoms with Crippen LogP contribution in [0.4, 0.5) is 0 Å². The van der Waals surface area contributed by atoms with E-state index < -0.39 is 0 Å². The van der Waals surface area contributed by atoms with Crippen LogP contribution in [-0.2, 0) is 13.1 Å². The van der Waals surface area contributed by atoms with Crippen LogP contribution in [0.5, 0.6) is 0 Å². The Kier molecular flexibility index (Phi) is 6.25. The SMILES string of the molecule is O=C(NCc1cc(Cl)cc(Cl)c1)c1ccc(Cl)c(CNC2=NCCN2)c1. The summed E-state index contributed by atoms with van der Waals surface area (Å²) in [5.74, 6) is 0.545. The maximum absolute atomic E-state index is 12.4. The molecule has 0 atom stereocenters. The molecule has 8 heteroatoms. The summed E-state index contributed by atoms with van der Waals surface area (Å²) in [7, 11) is 0. The second-order valence-electron chi connectivity index (χ2n) is 5.78. The highest BCUT2D eigenvalue weighted by molar-refractivity contribution is 6.34. The topological polar surface area (TPSA) is 65.5 Å². The molecule has 1 heterocycles. The number of carbonyl (C=O) groups is 1. The molecule has 0 fully saturated rings. The molecule has 0 radical (unpaired) electrons. The van der Waals surface area contributed by atoms with Crippen molar-refractivity contribution in [2.75, 3.05) is 13.1 Å². The molecule has 0 aromatic heterocycles. The van der Waals surface area contributed by atoms with E-state index in [1.165, 1.54) is 0 Å². The minimum atomic E-state index is -0.199. The molecule has 3 rings (SSSR count). The second-order valence-corrected chi connectivity index (χ2v) is 7.06. The zero-order valence-corrected chi connectivity index (χ0v) is 16.0. The summed E-state index contributed by atoms with van der Waals surface area (Å²) in [5.41, 5.74) is 2.18. The monoisotopic (exact) mass is 410 g/mol. The molecule has 1 aliphatic rings. The third kappa shape index (κ3) is 5.04. The number of nitrogens with zero attached hydrogens (tertiary/aromatic N) is 1. The first-order valence-electron chi connectivity index (χ1n) is 8.05. The summed E-state index contributed by atoms with van der Waals surface area (Å²) >= 11 is 18.2. The highest BCUT2D eigenvalue weighted by Gasteiger charge is 2.11. The number of guanidine groups is 1. The molecule has 1 aliphatic heterocycles. The van der Waals surface area contributed by atoms with E-state index in [-0.39, 0.29) is 5.91 Å². The Labute approximate surface area is 166 Å². The average Bonchev–Trinajstić information content (AvgIpc) is 3.11. The maximum atomic E-state index is 12.4. The minimum absolute atomic E-state index is 0.199. The van der Waals surface area contributed by atoms with Gasteiger partial charge in [0.05, 0.1) is 6.54 Å². The van der Waals surface area contributed by atoms with Crippen molar-refractivity contribution in [2.45, 2.75) is 13.1 Å². The van der Waals surface area contributed by atoms with Crippen LogP contribution < -0.4 is 16.0 Å². The lowest BCUT2D eigenvalue weighted by molar-refractivity contribution is 0.0951. The van der Waals surface area contributed by atoms with Gasteiger partial charge in [0.25, 0.3) is 5.91 Å². The summed E-state index contributed by atoms with van der Waals surface area (Å²) in [5, 5.41) is 10.8. The summed E-state index contributed by atoms with van der Waals surface area (Å²) in [4.78, 5) is 16.7. The molecule has 26 heavy (non-hydrogen) atoms. The lowest BCUT2D eigenvalue weighted by Gasteiger charge is -2.11. The number of halogens is 3. The van der Waals surface area contributed by atoms with E-state index in [1.807, 2.05) is 0 Å². The zero-order chi connectivity index (χ0) is 18.5. The molecular weight excluding hydrogens is 395 g/mol. The standard InChI is InChI=1S/C18H17Cl3N4O/c19-14-5-11(6-15(20)8-14)9-24-17(26)12-1-2-16(21)13(7-12)10-25-18-22-3-4-23-18/h1-2,5-8H,3-4,9-10H2,(H,24,26)(H2,22,23,25). The predicted molar refractivity (Wildman–Crippen MR) is 106 cm³/mol. The first-order valence-corrected chi connectivity index (χ1v) is 9.18. The highest BCUT2D eigenvalue weighted by atomic mass is 35.5. The Hall–Kier alpha value is -1.95. The molecule has 0 spiro atoms. The average molecular weight is 412 g/mol. The smallest absolute Gasteiger partial charge is 0.251 e. The van der Waals surface area contributed by atoms with Gasteiger partial charge in [-0.1, -0.05) is 34.8 Å². The van der Waals surface area contributed by atoms with E-state index in [0.29, 0.717) is 33.7 Å². The van der Waals surface area contributed by atoms with Gasteiger partial charge in [0.15, 0.2) is 5.96 Å². The van der Waals surface area contributed by atoms with Crippen molar-refractivity contribution in [2.24, 2.45) is 4.99 Å². The maximum Gasteiger partial charge on any atom is 0.251 e. The van der Waals surface area contributed by atoms with Gasteiger partial charge >= 0.3 is 0 Å². The van der Waals surface area contributed by atoms with Gasteiger partial charge in [0.1, 0.15) is 0 Å². The molecule has 136 valence electrons. The summed E-state index contributed by atoms with van der Waals surface area (Å²) < 4.78 is 0. The summed E-state index contributed by atoms with van der Waals surface area (Å²) in [6.45, 7) is 2.39. The highest BCUT2D eigenvalue weighted by Crippen LogP contribution is 2.20. The number of carbonyl (C=O) groups excluding carboxylic acids is 1. The number of benzene rings is 2. The Morgan fingerprint density at radius 1 is 1.08 bits per heavy atom. The lowest BCUT2D eigenvalue weighted by atomic mass is 10.1. The summed E-state index contributed by atoms with van der Waals surface area (Å²) in [6, 6.07) is 10.4. The molecule has 2 aromatic carbocycles. The van der Waals surface area contributed by atoms with E-state index in [2.05, 4.69) is 20.9 Å². The molecule has 0 bridgehead atoms. The van der Waals surface area contributed by atoms with Gasteiger partial charge in [-0.2, -0.15) is 0 Å². The van der Waals surface area contributed by atoms with E-state index in [1.54, 1.807) is 36.4 Å². The fourth-order valence-corrected chi connectivity index (χ4v) is 3.30. The lowest BCUT2D eigenvalue weighted by Crippen LogP contribution is -2.33. The van der Waals surface area contributed by atoms with Gasteiger partial charge in [-0.3, -0.25) is 9.79 Å². The number of nitrogens with one attached hydrogen (secondary N) is 3. The number of rotatable bonds is 5. The fourth-order valence-electron chi connectivity index (χ4n) is 2.54. The molecule has 0 saturated carbocycles. The van der Waals surface area contributed by atoms with Crippen molar-refractivity contribution in [3.63, 3.8) is 0 Å². The van der Waals surface area contributed by atoms with E-state index in [4.69, 9.17) is 34.8 Å². The normalized spacial score (nSPS) is 13.1. The van der Waals surface area contributed by atoms with Gasteiger partial charge in [-0.05, 0) is 47.5 Å². The van der Waals surface area contributed by atoms with Crippen molar-refractivity contribution in [3.05, 3.63) is 68.2 Å². The molecule has 0 aliphatic carbocycles. The van der Waals surface area contributed by atoms with Gasteiger partial charge in [-0.15, -0.1) is 0 Å².